The van der Waals surface area contributed by atoms with Crippen molar-refractivity contribution in [1.29, 1.82) is 0 Å². The van der Waals surface area contributed by atoms with Gasteiger partial charge in [0.1, 0.15) is 17.2 Å². The summed E-state index contributed by atoms with van der Waals surface area (Å²) in [5.74, 6) is 1.01. The van der Waals surface area contributed by atoms with E-state index in [0.29, 0.717) is 24.0 Å². The van der Waals surface area contributed by atoms with Gasteiger partial charge in [-0.2, -0.15) is 0 Å². The summed E-state index contributed by atoms with van der Waals surface area (Å²) in [5, 5.41) is 10.1. The Hall–Kier alpha value is -3.45. The van der Waals surface area contributed by atoms with Crippen molar-refractivity contribution in [3.8, 4) is 0 Å². The lowest BCUT2D eigenvalue weighted by atomic mass is 9.93. The highest BCUT2D eigenvalue weighted by Crippen LogP contribution is 2.32. The molecular formula is C27H27FN4O2. The average Bonchev–Trinajstić information content (AvgIpc) is 3.28. The summed E-state index contributed by atoms with van der Waals surface area (Å²) < 4.78 is 19.4. The first-order valence-electron chi connectivity index (χ1n) is 11.9. The normalized spacial score (nSPS) is 22.2. The maximum atomic E-state index is 13.9. The SMILES string of the molecule is CC1CN(c2nccc3ccc(F)cc23)CCC1NCC1Cc2c(c3ccccc3oc2=O)N1. The van der Waals surface area contributed by atoms with Crippen LogP contribution in [-0.2, 0) is 6.42 Å². The van der Waals surface area contributed by atoms with E-state index >= 15 is 0 Å². The number of fused-ring (bicyclic) bond motifs is 4. The number of piperidine rings is 1. The number of hydrogen-bond acceptors (Lipinski definition) is 6. The summed E-state index contributed by atoms with van der Waals surface area (Å²) in [6.45, 7) is 4.73. The van der Waals surface area contributed by atoms with E-state index in [1.807, 2.05) is 36.4 Å². The van der Waals surface area contributed by atoms with Crippen molar-refractivity contribution in [3.05, 3.63) is 76.5 Å². The number of benzene rings is 2. The zero-order chi connectivity index (χ0) is 23.2. The molecule has 2 aliphatic rings. The van der Waals surface area contributed by atoms with Gasteiger partial charge in [0, 0.05) is 55.1 Å². The Bertz CT molecular complexity index is 1440. The van der Waals surface area contributed by atoms with Crippen molar-refractivity contribution in [1.82, 2.24) is 10.3 Å². The summed E-state index contributed by atoms with van der Waals surface area (Å²) in [7, 11) is 0. The molecule has 3 atom stereocenters. The summed E-state index contributed by atoms with van der Waals surface area (Å²) >= 11 is 0. The van der Waals surface area contributed by atoms with Crippen LogP contribution in [0.2, 0.25) is 0 Å². The zero-order valence-corrected chi connectivity index (χ0v) is 19.1. The molecule has 2 N–H and O–H groups in total. The van der Waals surface area contributed by atoms with E-state index < -0.39 is 0 Å². The van der Waals surface area contributed by atoms with Gasteiger partial charge >= 0.3 is 5.63 Å². The third kappa shape index (κ3) is 3.70. The lowest BCUT2D eigenvalue weighted by Crippen LogP contribution is -2.50. The smallest absolute Gasteiger partial charge is 0.341 e. The molecule has 0 radical (unpaired) electrons. The topological polar surface area (TPSA) is 70.4 Å². The Morgan fingerprint density at radius 1 is 1.21 bits per heavy atom. The zero-order valence-electron chi connectivity index (χ0n) is 19.1. The van der Waals surface area contributed by atoms with Crippen molar-refractivity contribution >= 4 is 33.2 Å². The first-order chi connectivity index (χ1) is 16.6. The Balaban J connectivity index is 1.12. The number of para-hydroxylation sites is 1. The molecule has 3 unspecified atom stereocenters. The average molecular weight is 459 g/mol. The molecular weight excluding hydrogens is 431 g/mol. The lowest BCUT2D eigenvalue weighted by Gasteiger charge is -2.39. The van der Waals surface area contributed by atoms with Gasteiger partial charge in [-0.05, 0) is 48.1 Å². The fourth-order valence-corrected chi connectivity index (χ4v) is 5.48. The standard InChI is InChI=1S/C27H27FN4O2/c1-16-15-32(26-21-12-18(28)7-6-17(21)8-10-29-26)11-9-23(16)30-14-19-13-22-25(31-19)20-4-2-3-5-24(20)34-27(22)33/h2-8,10,12,16,19,23,30-31H,9,11,13-15H2,1H3. The molecule has 4 heterocycles. The number of hydrogen-bond donors (Lipinski definition) is 2. The lowest BCUT2D eigenvalue weighted by molar-refractivity contribution is 0.317. The highest BCUT2D eigenvalue weighted by atomic mass is 19.1. The van der Waals surface area contributed by atoms with Crippen molar-refractivity contribution in [3.63, 3.8) is 0 Å². The predicted molar refractivity (Wildman–Crippen MR) is 133 cm³/mol. The molecule has 1 saturated heterocycles. The second-order valence-electron chi connectivity index (χ2n) is 9.51. The molecule has 0 amide bonds. The third-order valence-electron chi connectivity index (χ3n) is 7.24. The van der Waals surface area contributed by atoms with E-state index in [4.69, 9.17) is 4.42 Å². The van der Waals surface area contributed by atoms with E-state index in [-0.39, 0.29) is 17.5 Å². The van der Waals surface area contributed by atoms with E-state index in [0.717, 1.165) is 59.3 Å². The van der Waals surface area contributed by atoms with Gasteiger partial charge in [0.15, 0.2) is 0 Å². The monoisotopic (exact) mass is 458 g/mol. The molecule has 1 fully saturated rings. The Kier molecular flexibility index (Phi) is 5.21. The highest BCUT2D eigenvalue weighted by molar-refractivity contribution is 5.93. The quantitative estimate of drug-likeness (QED) is 0.444. The molecule has 0 aliphatic carbocycles. The minimum absolute atomic E-state index is 0.150. The van der Waals surface area contributed by atoms with Gasteiger partial charge in [0.05, 0.1) is 11.3 Å². The number of nitrogens with zero attached hydrogens (tertiary/aromatic N) is 2. The third-order valence-corrected chi connectivity index (χ3v) is 7.24. The Morgan fingerprint density at radius 2 is 2.09 bits per heavy atom. The van der Waals surface area contributed by atoms with Crippen LogP contribution in [0.1, 0.15) is 18.9 Å². The second-order valence-corrected chi connectivity index (χ2v) is 9.51. The minimum atomic E-state index is -0.246. The van der Waals surface area contributed by atoms with Gasteiger partial charge in [0.25, 0.3) is 0 Å². The van der Waals surface area contributed by atoms with Crippen LogP contribution in [0.3, 0.4) is 0 Å². The first-order valence-corrected chi connectivity index (χ1v) is 11.9. The van der Waals surface area contributed by atoms with Crippen LogP contribution in [0.15, 0.2) is 63.9 Å². The van der Waals surface area contributed by atoms with E-state index in [1.54, 1.807) is 12.3 Å². The summed E-state index contributed by atoms with van der Waals surface area (Å²) in [6, 6.07) is 15.0. The molecule has 0 bridgehead atoms. The van der Waals surface area contributed by atoms with Crippen molar-refractivity contribution < 1.29 is 8.81 Å². The van der Waals surface area contributed by atoms with Gasteiger partial charge in [-0.3, -0.25) is 0 Å². The maximum Gasteiger partial charge on any atom is 0.341 e. The minimum Gasteiger partial charge on any atom is -0.422 e. The highest BCUT2D eigenvalue weighted by Gasteiger charge is 2.30. The number of nitrogens with one attached hydrogen (secondary N) is 2. The number of rotatable bonds is 4. The van der Waals surface area contributed by atoms with Crippen LogP contribution in [0.5, 0.6) is 0 Å². The number of aromatic nitrogens is 1. The van der Waals surface area contributed by atoms with Crippen LogP contribution >= 0.6 is 0 Å². The number of halogens is 1. The fraction of sp³-hybridized carbons (Fsp3) is 0.333. The molecule has 6 nitrogen and oxygen atoms in total. The van der Waals surface area contributed by atoms with Gasteiger partial charge in [-0.1, -0.05) is 25.1 Å². The van der Waals surface area contributed by atoms with Crippen LogP contribution < -0.4 is 21.2 Å². The molecule has 2 aliphatic heterocycles. The molecule has 4 aromatic rings. The molecule has 174 valence electrons. The molecule has 7 heteroatoms. The van der Waals surface area contributed by atoms with Crippen molar-refractivity contribution in [2.75, 3.05) is 29.9 Å². The summed E-state index contributed by atoms with van der Waals surface area (Å²) in [4.78, 5) is 19.3. The molecule has 2 aromatic carbocycles. The summed E-state index contributed by atoms with van der Waals surface area (Å²) in [5.41, 5.74) is 2.03. The predicted octanol–water partition coefficient (Wildman–Crippen LogP) is 4.32. The molecule has 2 aromatic heterocycles. The van der Waals surface area contributed by atoms with Gasteiger partial charge in [0.2, 0.25) is 0 Å². The fourth-order valence-electron chi connectivity index (χ4n) is 5.48. The number of anilines is 2. The second kappa shape index (κ2) is 8.40. The molecule has 0 spiro atoms. The largest absolute Gasteiger partial charge is 0.422 e. The van der Waals surface area contributed by atoms with Crippen LogP contribution in [0, 0.1) is 11.7 Å². The summed E-state index contributed by atoms with van der Waals surface area (Å²) in [6.07, 6.45) is 3.43. The van der Waals surface area contributed by atoms with Crippen LogP contribution in [0.4, 0.5) is 15.9 Å². The van der Waals surface area contributed by atoms with Gasteiger partial charge in [-0.15, -0.1) is 0 Å². The van der Waals surface area contributed by atoms with E-state index in [2.05, 4.69) is 27.4 Å². The first kappa shape index (κ1) is 21.1. The Morgan fingerprint density at radius 3 is 2.97 bits per heavy atom. The van der Waals surface area contributed by atoms with E-state index in [9.17, 15) is 9.18 Å². The van der Waals surface area contributed by atoms with Gasteiger partial charge in [-0.25, -0.2) is 14.2 Å². The van der Waals surface area contributed by atoms with Crippen molar-refractivity contribution in [2.45, 2.75) is 31.8 Å². The van der Waals surface area contributed by atoms with Crippen LogP contribution in [-0.4, -0.2) is 36.7 Å². The molecule has 0 saturated carbocycles. The molecule has 6 rings (SSSR count). The maximum absolute atomic E-state index is 13.9. The Labute approximate surface area is 196 Å². The van der Waals surface area contributed by atoms with Gasteiger partial charge < -0.3 is 20.0 Å². The number of pyridine rings is 1. The van der Waals surface area contributed by atoms with Crippen molar-refractivity contribution in [2.24, 2.45) is 5.92 Å². The van der Waals surface area contributed by atoms with E-state index in [1.165, 1.54) is 6.07 Å². The van der Waals surface area contributed by atoms with Crippen LogP contribution in [0.25, 0.3) is 21.7 Å². The molecule has 34 heavy (non-hydrogen) atoms.